The summed E-state index contributed by atoms with van der Waals surface area (Å²) in [5, 5.41) is 77.6. The molecule has 0 saturated heterocycles. The van der Waals surface area contributed by atoms with Crippen LogP contribution in [0.25, 0.3) is 54.2 Å². The lowest BCUT2D eigenvalue weighted by Gasteiger charge is -2.39. The molecule has 0 spiro atoms. The molecule has 2 aliphatic carbocycles. The van der Waals surface area contributed by atoms with Crippen molar-refractivity contribution in [1.82, 2.24) is 0 Å². The van der Waals surface area contributed by atoms with Gasteiger partial charge in [0, 0.05) is 21.6 Å². The first kappa shape index (κ1) is 88.0. The van der Waals surface area contributed by atoms with Gasteiger partial charge in [-0.05, 0) is 196 Å². The number of phenols is 7. The number of para-hydroxylation sites is 1. The SMILES string of the molecule is CC.CC.CC.CC.CC.CC.CC.CC.Cc1cc(C2(c3cc(C)c(O)c(C)c3)c3ccccc3-c3ccccc32)cc(C)c1O.Cc1cc(C2(c3ccc(O)c(C)c3)CCCCC2)ccc1O.Oc1ccc2ccc3cccc4ccc1c2c34.Oc1cccc2ccccc12.Oc1ccccc1. The normalized spacial score (nSPS) is 11.8. The second-order valence-corrected chi connectivity index (χ2v) is 23.7. The molecule has 15 rings (SSSR count). The first-order valence-electron chi connectivity index (χ1n) is 38.2. The summed E-state index contributed by atoms with van der Waals surface area (Å²) in [7, 11) is 0. The zero-order valence-corrected chi connectivity index (χ0v) is 66.7. The summed E-state index contributed by atoms with van der Waals surface area (Å²) in [4.78, 5) is 0. The van der Waals surface area contributed by atoms with Crippen molar-refractivity contribution in [2.75, 3.05) is 0 Å². The zero-order valence-electron chi connectivity index (χ0n) is 66.7. The molecular weight excluding hydrogens is 1280 g/mol. The summed E-state index contributed by atoms with van der Waals surface area (Å²) in [6, 6.07) is 78.0. The average Bonchev–Trinajstić information content (AvgIpc) is 1.53. The molecule has 0 heterocycles. The van der Waals surface area contributed by atoms with Gasteiger partial charge in [-0.25, -0.2) is 0 Å². The molecule has 0 aromatic heterocycles. The highest BCUT2D eigenvalue weighted by Gasteiger charge is 2.46. The number of fused-ring (bicyclic) bond motifs is 4. The van der Waals surface area contributed by atoms with Crippen LogP contribution in [0.3, 0.4) is 0 Å². The van der Waals surface area contributed by atoms with E-state index in [1.165, 1.54) is 79.6 Å². The number of hydrogen-bond acceptors (Lipinski definition) is 7. The molecule has 7 heteroatoms. The summed E-state index contributed by atoms with van der Waals surface area (Å²) in [6.45, 7) is 43.7. The van der Waals surface area contributed by atoms with Crippen molar-refractivity contribution in [3.05, 3.63) is 303 Å². The highest BCUT2D eigenvalue weighted by Crippen LogP contribution is 2.57. The molecule has 7 N–H and O–H groups in total. The highest BCUT2D eigenvalue weighted by atomic mass is 16.3. The van der Waals surface area contributed by atoms with Crippen molar-refractivity contribution in [2.45, 2.75) is 195 Å². The lowest BCUT2D eigenvalue weighted by atomic mass is 9.65. The molecule has 0 atom stereocenters. The topological polar surface area (TPSA) is 142 Å². The van der Waals surface area contributed by atoms with Crippen LogP contribution >= 0.6 is 0 Å². The van der Waals surface area contributed by atoms with Crippen molar-refractivity contribution in [3.63, 3.8) is 0 Å². The summed E-state index contributed by atoms with van der Waals surface area (Å²) >= 11 is 0. The molecule has 0 amide bonds. The van der Waals surface area contributed by atoms with E-state index in [0.717, 1.165) is 73.5 Å². The van der Waals surface area contributed by atoms with Crippen LogP contribution in [0.1, 0.15) is 210 Å². The molecule has 7 nitrogen and oxygen atoms in total. The minimum absolute atomic E-state index is 0.00910. The molecule has 104 heavy (non-hydrogen) atoms. The minimum Gasteiger partial charge on any atom is -0.508 e. The zero-order chi connectivity index (χ0) is 77.9. The van der Waals surface area contributed by atoms with E-state index in [1.807, 2.05) is 219 Å². The Balaban J connectivity index is 0.000000340. The number of aryl methyl sites for hydroxylation is 6. The first-order valence-corrected chi connectivity index (χ1v) is 38.2. The van der Waals surface area contributed by atoms with Crippen molar-refractivity contribution in [3.8, 4) is 51.4 Å². The van der Waals surface area contributed by atoms with E-state index >= 15 is 0 Å². The Morgan fingerprint density at radius 3 is 1.01 bits per heavy atom. The summed E-state index contributed by atoms with van der Waals surface area (Å²) in [5.74, 6) is 2.43. The smallest absolute Gasteiger partial charge is 0.123 e. The van der Waals surface area contributed by atoms with Crippen LogP contribution in [-0.4, -0.2) is 35.7 Å². The van der Waals surface area contributed by atoms with Crippen molar-refractivity contribution >= 4 is 43.1 Å². The summed E-state index contributed by atoms with van der Waals surface area (Å²) in [5.41, 5.74) is 14.5. The third-order valence-electron chi connectivity index (χ3n) is 18.0. The van der Waals surface area contributed by atoms with Crippen molar-refractivity contribution in [2.24, 2.45) is 0 Å². The average molecular weight is 1400 g/mol. The fourth-order valence-electron chi connectivity index (χ4n) is 13.5. The molecule has 13 aromatic rings. The Morgan fingerprint density at radius 2 is 0.587 bits per heavy atom. The fourth-order valence-corrected chi connectivity index (χ4v) is 13.5. The van der Waals surface area contributed by atoms with Gasteiger partial charge in [-0.3, -0.25) is 0 Å². The number of phenolic OH excluding ortho intramolecular Hbond substituents is 7. The van der Waals surface area contributed by atoms with Crippen LogP contribution in [0.5, 0.6) is 40.2 Å². The van der Waals surface area contributed by atoms with Gasteiger partial charge in [0.15, 0.2) is 0 Å². The van der Waals surface area contributed by atoms with E-state index in [4.69, 9.17) is 5.11 Å². The van der Waals surface area contributed by atoms with Crippen molar-refractivity contribution < 1.29 is 35.7 Å². The van der Waals surface area contributed by atoms with Crippen LogP contribution in [0.15, 0.2) is 237 Å². The van der Waals surface area contributed by atoms with Gasteiger partial charge in [-0.2, -0.15) is 0 Å². The van der Waals surface area contributed by atoms with E-state index in [-0.39, 0.29) is 5.41 Å². The molecule has 0 aliphatic heterocycles. The lowest BCUT2D eigenvalue weighted by molar-refractivity contribution is 0.344. The van der Waals surface area contributed by atoms with Gasteiger partial charge in [0.1, 0.15) is 40.2 Å². The standard InChI is InChI=1S/C29H26O2.C20H24O2.C16H10O.C10H8O.C6H6O.8C2H6/c1-17-13-21(14-18(2)27(17)30)29(22-15-19(3)28(31)20(4)16-22)25-11-7-5-9-23(25)24-10-6-8-12-26(24)29;1-14-12-16(6-8-18(14)21)20(10-4-3-5-11-20)17-7-9-19(22)15(2)13-17;17-14-9-7-12-5-4-10-2-1-3-11-6-8-13(14)16(12)15(10)11;11-10-7-3-5-8-4-1-2-6-9(8)10;7-6-4-2-1-3-5-6;8*1-2/h5-16,30-31H,1-4H3;6-9,12-13,21-22H,3-5,10-11H2,1-2H3;1-9,17H;1-7,11H;1-5,7H;8*1-2H3. The summed E-state index contributed by atoms with van der Waals surface area (Å²) < 4.78 is 0. The predicted octanol–water partition coefficient (Wildman–Crippen LogP) is 28.1. The Morgan fingerprint density at radius 1 is 0.250 bits per heavy atom. The van der Waals surface area contributed by atoms with Gasteiger partial charge >= 0.3 is 0 Å². The van der Waals surface area contributed by atoms with E-state index in [2.05, 4.69) is 133 Å². The highest BCUT2D eigenvalue weighted by molar-refractivity contribution is 6.24. The number of benzene rings is 13. The molecular formula is C97H122O7. The van der Waals surface area contributed by atoms with Crippen LogP contribution in [0, 0.1) is 41.5 Å². The maximum Gasteiger partial charge on any atom is 0.123 e. The molecule has 1 fully saturated rings. The maximum atomic E-state index is 10.5. The summed E-state index contributed by atoms with van der Waals surface area (Å²) in [6.07, 6.45) is 5.98. The number of rotatable bonds is 4. The van der Waals surface area contributed by atoms with Gasteiger partial charge in [0.05, 0.1) is 5.41 Å². The monoisotopic (exact) mass is 1400 g/mol. The molecule has 1 saturated carbocycles. The van der Waals surface area contributed by atoms with Crippen LogP contribution in [0.2, 0.25) is 0 Å². The number of hydrogen-bond donors (Lipinski definition) is 7. The van der Waals surface area contributed by atoms with Crippen molar-refractivity contribution in [1.29, 1.82) is 0 Å². The Hall–Kier alpha value is -10.2. The van der Waals surface area contributed by atoms with Crippen LogP contribution < -0.4 is 0 Å². The quantitative estimate of drug-likeness (QED) is 0.0870. The van der Waals surface area contributed by atoms with Gasteiger partial charge in [-0.1, -0.05) is 330 Å². The van der Waals surface area contributed by atoms with Gasteiger partial charge in [0.2, 0.25) is 0 Å². The van der Waals surface area contributed by atoms with Gasteiger partial charge in [0.25, 0.3) is 0 Å². The first-order chi connectivity index (χ1) is 50.5. The largest absolute Gasteiger partial charge is 0.508 e. The Labute approximate surface area is 625 Å². The lowest BCUT2D eigenvalue weighted by Crippen LogP contribution is -2.30. The van der Waals surface area contributed by atoms with Crippen LogP contribution in [-0.2, 0) is 10.8 Å². The van der Waals surface area contributed by atoms with E-state index in [0.29, 0.717) is 40.2 Å². The maximum absolute atomic E-state index is 10.5. The van der Waals surface area contributed by atoms with E-state index in [9.17, 15) is 30.6 Å². The molecule has 13 aromatic carbocycles. The second-order valence-electron chi connectivity index (χ2n) is 23.7. The van der Waals surface area contributed by atoms with Crippen LogP contribution in [0.4, 0.5) is 0 Å². The third-order valence-corrected chi connectivity index (χ3v) is 18.0. The van der Waals surface area contributed by atoms with Gasteiger partial charge in [-0.15, -0.1) is 0 Å². The molecule has 0 radical (unpaired) electrons. The predicted molar refractivity (Wildman–Crippen MR) is 452 cm³/mol. The number of aromatic hydroxyl groups is 7. The third kappa shape index (κ3) is 20.1. The molecule has 0 bridgehead atoms. The Bertz CT molecular complexity index is 4430. The minimum atomic E-state index is -0.528. The van der Waals surface area contributed by atoms with Gasteiger partial charge < -0.3 is 35.7 Å². The second kappa shape index (κ2) is 44.3. The van der Waals surface area contributed by atoms with E-state index < -0.39 is 5.41 Å². The van der Waals surface area contributed by atoms with E-state index in [1.54, 1.807) is 36.4 Å². The molecule has 552 valence electrons. The Kier molecular flexibility index (Phi) is 37.5. The fraction of sp³-hybridized carbons (Fsp3) is 0.299. The molecule has 2 aliphatic rings. The molecule has 0 unspecified atom stereocenters.